The second-order valence-corrected chi connectivity index (χ2v) is 3.07. The van der Waals surface area contributed by atoms with Gasteiger partial charge in [0.1, 0.15) is 0 Å². The first-order valence-electron chi connectivity index (χ1n) is 4.54. The fourth-order valence-electron chi connectivity index (χ4n) is 1.20. The van der Waals surface area contributed by atoms with Crippen LogP contribution in [0.1, 0.15) is 12.5 Å². The van der Waals surface area contributed by atoms with Gasteiger partial charge in [-0.15, -0.1) is 0 Å². The van der Waals surface area contributed by atoms with Gasteiger partial charge in [0.05, 0.1) is 0 Å². The van der Waals surface area contributed by atoms with Crippen molar-refractivity contribution < 1.29 is 0 Å². The van der Waals surface area contributed by atoms with Crippen LogP contribution in [0.15, 0.2) is 61.5 Å². The Morgan fingerprint density at radius 2 is 1.93 bits per heavy atom. The first kappa shape index (κ1) is 10.3. The van der Waals surface area contributed by atoms with Crippen LogP contribution in [0.25, 0.3) is 5.57 Å². The minimum Gasteiger partial charge on any atom is -0.366 e. The Morgan fingerprint density at radius 3 is 2.50 bits per heavy atom. The smallest absolute Gasteiger partial charge is 0.0120 e. The first-order chi connectivity index (χ1) is 6.74. The summed E-state index contributed by atoms with van der Waals surface area (Å²) in [5.74, 6) is 0. The molecular formula is C13H15N. The van der Waals surface area contributed by atoms with E-state index in [0.29, 0.717) is 0 Å². The van der Waals surface area contributed by atoms with E-state index >= 15 is 0 Å². The number of benzene rings is 1. The minimum atomic E-state index is 0.998. The first-order valence-corrected chi connectivity index (χ1v) is 4.54. The highest BCUT2D eigenvalue weighted by atomic mass is 14.8. The maximum absolute atomic E-state index is 4.00. The molecule has 1 aromatic carbocycles. The van der Waals surface area contributed by atoms with Crippen molar-refractivity contribution in [2.75, 3.05) is 0 Å². The number of hydrogen-bond donors (Lipinski definition) is 1. The van der Waals surface area contributed by atoms with Crippen LogP contribution < -0.4 is 5.32 Å². The molecule has 0 aliphatic carbocycles. The molecule has 0 aromatic heterocycles. The van der Waals surface area contributed by atoms with Crippen LogP contribution in [0.4, 0.5) is 0 Å². The highest BCUT2D eigenvalue weighted by molar-refractivity contribution is 5.72. The van der Waals surface area contributed by atoms with Crippen molar-refractivity contribution in [3.63, 3.8) is 0 Å². The molecule has 1 heteroatoms. The second-order valence-electron chi connectivity index (χ2n) is 3.07. The van der Waals surface area contributed by atoms with E-state index in [0.717, 1.165) is 16.8 Å². The van der Waals surface area contributed by atoms with Crippen LogP contribution in [0.5, 0.6) is 0 Å². The third kappa shape index (κ3) is 2.94. The molecule has 0 amide bonds. The summed E-state index contributed by atoms with van der Waals surface area (Å²) >= 11 is 0. The predicted molar refractivity (Wildman–Crippen MR) is 62.6 cm³/mol. The van der Waals surface area contributed by atoms with E-state index in [1.807, 2.05) is 43.3 Å². The van der Waals surface area contributed by atoms with Crippen molar-refractivity contribution in [2.45, 2.75) is 6.92 Å². The molecule has 0 saturated heterocycles. The van der Waals surface area contributed by atoms with Gasteiger partial charge in [-0.05, 0) is 30.3 Å². The Bertz CT molecular complexity index is 347. The molecule has 1 rings (SSSR count). The summed E-state index contributed by atoms with van der Waals surface area (Å²) in [6.07, 6.45) is 3.65. The number of allylic oxidation sites excluding steroid dienone is 3. The van der Waals surface area contributed by atoms with Gasteiger partial charge in [0.15, 0.2) is 0 Å². The molecule has 0 unspecified atom stereocenters. The Labute approximate surface area is 85.5 Å². The molecule has 1 N–H and O–H groups in total. The summed E-state index contributed by atoms with van der Waals surface area (Å²) < 4.78 is 0. The molecule has 0 fully saturated rings. The molecule has 0 aliphatic heterocycles. The number of hydrogen-bond acceptors (Lipinski definition) is 1. The van der Waals surface area contributed by atoms with Crippen molar-refractivity contribution in [3.8, 4) is 0 Å². The SMILES string of the molecule is C=CN/C(C)=C/C(=C)c1ccccc1. The molecule has 0 radical (unpaired) electrons. The summed E-state index contributed by atoms with van der Waals surface area (Å²) in [5, 5.41) is 3.01. The summed E-state index contributed by atoms with van der Waals surface area (Å²) in [5.41, 5.74) is 3.17. The maximum Gasteiger partial charge on any atom is 0.0120 e. The topological polar surface area (TPSA) is 12.0 Å². The standard InChI is InChI=1S/C13H15N/c1-4-14-12(3)10-11(2)13-8-6-5-7-9-13/h4-10,14H,1-2H2,3H3/b12-10+. The van der Waals surface area contributed by atoms with Gasteiger partial charge in [-0.1, -0.05) is 43.5 Å². The van der Waals surface area contributed by atoms with Crippen LogP contribution in [-0.4, -0.2) is 0 Å². The van der Waals surface area contributed by atoms with Crippen LogP contribution in [-0.2, 0) is 0 Å². The van der Waals surface area contributed by atoms with E-state index in [1.54, 1.807) is 6.20 Å². The lowest BCUT2D eigenvalue weighted by molar-refractivity contribution is 1.07. The molecule has 0 aliphatic rings. The average molecular weight is 185 g/mol. The highest BCUT2D eigenvalue weighted by Gasteiger charge is 1.93. The van der Waals surface area contributed by atoms with E-state index in [9.17, 15) is 0 Å². The lowest BCUT2D eigenvalue weighted by Gasteiger charge is -2.03. The third-order valence-electron chi connectivity index (χ3n) is 1.87. The van der Waals surface area contributed by atoms with Gasteiger partial charge in [-0.3, -0.25) is 0 Å². The molecule has 0 spiro atoms. The maximum atomic E-state index is 4.00. The van der Waals surface area contributed by atoms with Gasteiger partial charge < -0.3 is 5.32 Å². The lowest BCUT2D eigenvalue weighted by Crippen LogP contribution is -1.99. The third-order valence-corrected chi connectivity index (χ3v) is 1.87. The van der Waals surface area contributed by atoms with Crippen molar-refractivity contribution in [1.82, 2.24) is 5.32 Å². The second kappa shape index (κ2) is 5.07. The van der Waals surface area contributed by atoms with Gasteiger partial charge in [-0.2, -0.15) is 0 Å². The van der Waals surface area contributed by atoms with E-state index in [1.165, 1.54) is 0 Å². The van der Waals surface area contributed by atoms with Crippen LogP contribution in [0.2, 0.25) is 0 Å². The van der Waals surface area contributed by atoms with Crippen molar-refractivity contribution in [1.29, 1.82) is 0 Å². The van der Waals surface area contributed by atoms with Gasteiger partial charge in [0.25, 0.3) is 0 Å². The molecule has 14 heavy (non-hydrogen) atoms. The molecule has 0 bridgehead atoms. The summed E-state index contributed by atoms with van der Waals surface area (Å²) in [4.78, 5) is 0. The Kier molecular flexibility index (Phi) is 3.74. The number of rotatable bonds is 4. The zero-order valence-electron chi connectivity index (χ0n) is 8.46. The van der Waals surface area contributed by atoms with E-state index < -0.39 is 0 Å². The predicted octanol–water partition coefficient (Wildman–Crippen LogP) is 3.34. The van der Waals surface area contributed by atoms with Crippen molar-refractivity contribution >= 4 is 5.57 Å². The molecular weight excluding hydrogens is 170 g/mol. The Morgan fingerprint density at radius 1 is 1.29 bits per heavy atom. The minimum absolute atomic E-state index is 0.998. The fraction of sp³-hybridized carbons (Fsp3) is 0.0769. The van der Waals surface area contributed by atoms with Crippen LogP contribution >= 0.6 is 0 Å². The van der Waals surface area contributed by atoms with Gasteiger partial charge in [0.2, 0.25) is 0 Å². The van der Waals surface area contributed by atoms with Crippen molar-refractivity contribution in [2.24, 2.45) is 0 Å². The van der Waals surface area contributed by atoms with E-state index in [2.05, 4.69) is 18.5 Å². The molecule has 0 saturated carbocycles. The van der Waals surface area contributed by atoms with Gasteiger partial charge in [-0.25, -0.2) is 0 Å². The molecule has 72 valence electrons. The zero-order valence-corrected chi connectivity index (χ0v) is 8.46. The van der Waals surface area contributed by atoms with Crippen LogP contribution in [0, 0.1) is 0 Å². The average Bonchev–Trinajstić information content (AvgIpc) is 2.19. The normalized spacial score (nSPS) is 10.8. The van der Waals surface area contributed by atoms with E-state index in [-0.39, 0.29) is 0 Å². The Hall–Kier alpha value is -1.76. The van der Waals surface area contributed by atoms with Crippen molar-refractivity contribution in [3.05, 3.63) is 67.0 Å². The van der Waals surface area contributed by atoms with Gasteiger partial charge >= 0.3 is 0 Å². The molecule has 0 heterocycles. The Balaban J connectivity index is 2.77. The van der Waals surface area contributed by atoms with E-state index in [4.69, 9.17) is 0 Å². The van der Waals surface area contributed by atoms with Crippen LogP contribution in [0.3, 0.4) is 0 Å². The fourth-order valence-corrected chi connectivity index (χ4v) is 1.20. The lowest BCUT2D eigenvalue weighted by atomic mass is 10.1. The zero-order chi connectivity index (χ0) is 10.4. The van der Waals surface area contributed by atoms with Gasteiger partial charge in [0, 0.05) is 5.70 Å². The summed E-state index contributed by atoms with van der Waals surface area (Å²) in [7, 11) is 0. The quantitative estimate of drug-likeness (QED) is 0.709. The molecule has 1 nitrogen and oxygen atoms in total. The number of nitrogens with one attached hydrogen (secondary N) is 1. The summed E-state index contributed by atoms with van der Waals surface area (Å²) in [6.45, 7) is 9.58. The molecule has 0 atom stereocenters. The largest absolute Gasteiger partial charge is 0.366 e. The highest BCUT2D eigenvalue weighted by Crippen LogP contribution is 2.13. The molecule has 1 aromatic rings. The monoisotopic (exact) mass is 185 g/mol. The summed E-state index contributed by atoms with van der Waals surface area (Å²) in [6, 6.07) is 10.1.